The number of carbonyl (C=O) groups excluding carboxylic acids is 1. The number of halogens is 1. The molecule has 0 fully saturated rings. The van der Waals surface area contributed by atoms with E-state index in [0.717, 1.165) is 10.0 Å². The fourth-order valence-electron chi connectivity index (χ4n) is 1.54. The average molecular weight is 294 g/mol. The Morgan fingerprint density at radius 3 is 2.88 bits per heavy atom. The van der Waals surface area contributed by atoms with Crippen molar-refractivity contribution >= 4 is 21.8 Å². The number of hydrogen-bond donors (Lipinski definition) is 1. The van der Waals surface area contributed by atoms with E-state index in [9.17, 15) is 4.79 Å². The topological polar surface area (TPSA) is 49.0 Å². The van der Waals surface area contributed by atoms with Gasteiger partial charge in [0.15, 0.2) is 0 Å². The molecule has 0 spiro atoms. The quantitative estimate of drug-likeness (QED) is 0.945. The maximum Gasteiger partial charge on any atom is 0.257 e. The number of nitrogens with one attached hydrogen (secondary N) is 1. The molecular formula is C12H12BrN3O. The van der Waals surface area contributed by atoms with Crippen molar-refractivity contribution in [2.75, 3.05) is 7.05 Å². The van der Waals surface area contributed by atoms with Crippen molar-refractivity contribution in [3.05, 3.63) is 52.3 Å². The van der Waals surface area contributed by atoms with Crippen LogP contribution < -0.4 is 0 Å². The number of amides is 1. The Labute approximate surface area is 108 Å². The van der Waals surface area contributed by atoms with E-state index in [2.05, 4.69) is 26.1 Å². The van der Waals surface area contributed by atoms with E-state index >= 15 is 0 Å². The summed E-state index contributed by atoms with van der Waals surface area (Å²) in [5, 5.41) is 6.40. The summed E-state index contributed by atoms with van der Waals surface area (Å²) in [4.78, 5) is 13.6. The SMILES string of the molecule is CN(Cc1ccccc1Br)C(=O)c1cn[nH]c1. The minimum absolute atomic E-state index is 0.0468. The highest BCUT2D eigenvalue weighted by molar-refractivity contribution is 9.10. The van der Waals surface area contributed by atoms with Crippen molar-refractivity contribution in [2.24, 2.45) is 0 Å². The summed E-state index contributed by atoms with van der Waals surface area (Å²) >= 11 is 3.47. The number of aromatic nitrogens is 2. The minimum Gasteiger partial charge on any atom is -0.337 e. The molecule has 0 aliphatic heterocycles. The third-order valence-corrected chi connectivity index (χ3v) is 3.23. The maximum atomic E-state index is 12.0. The second kappa shape index (κ2) is 5.14. The zero-order valence-electron chi connectivity index (χ0n) is 9.35. The van der Waals surface area contributed by atoms with Crippen molar-refractivity contribution in [3.63, 3.8) is 0 Å². The van der Waals surface area contributed by atoms with E-state index in [1.54, 1.807) is 18.1 Å². The predicted molar refractivity (Wildman–Crippen MR) is 68.5 cm³/mol. The molecule has 17 heavy (non-hydrogen) atoms. The molecule has 4 nitrogen and oxygen atoms in total. The molecule has 0 aliphatic rings. The van der Waals surface area contributed by atoms with Crippen LogP contribution in [0, 0.1) is 0 Å². The summed E-state index contributed by atoms with van der Waals surface area (Å²) in [5.41, 5.74) is 1.64. The molecule has 1 amide bonds. The molecule has 0 unspecified atom stereocenters. The van der Waals surface area contributed by atoms with Crippen LogP contribution in [-0.2, 0) is 6.54 Å². The molecule has 88 valence electrons. The van der Waals surface area contributed by atoms with Gasteiger partial charge >= 0.3 is 0 Å². The molecule has 1 aromatic heterocycles. The Morgan fingerprint density at radius 1 is 1.47 bits per heavy atom. The van der Waals surface area contributed by atoms with Gasteiger partial charge in [0.2, 0.25) is 0 Å². The van der Waals surface area contributed by atoms with Gasteiger partial charge in [-0.25, -0.2) is 0 Å². The number of H-pyrrole nitrogens is 1. The van der Waals surface area contributed by atoms with Crippen molar-refractivity contribution in [3.8, 4) is 0 Å². The fraction of sp³-hybridized carbons (Fsp3) is 0.167. The van der Waals surface area contributed by atoms with Gasteiger partial charge in [-0.05, 0) is 11.6 Å². The smallest absolute Gasteiger partial charge is 0.257 e. The first kappa shape index (κ1) is 11.9. The number of hydrogen-bond acceptors (Lipinski definition) is 2. The molecule has 0 aliphatic carbocycles. The molecule has 0 saturated heterocycles. The zero-order chi connectivity index (χ0) is 12.3. The molecule has 1 aromatic carbocycles. The van der Waals surface area contributed by atoms with Crippen molar-refractivity contribution in [1.82, 2.24) is 15.1 Å². The highest BCUT2D eigenvalue weighted by atomic mass is 79.9. The molecule has 0 atom stereocenters. The minimum atomic E-state index is -0.0468. The summed E-state index contributed by atoms with van der Waals surface area (Å²) in [6, 6.07) is 7.86. The van der Waals surface area contributed by atoms with E-state index in [-0.39, 0.29) is 5.91 Å². The molecule has 0 saturated carbocycles. The summed E-state index contributed by atoms with van der Waals surface area (Å²) in [7, 11) is 1.77. The zero-order valence-corrected chi connectivity index (χ0v) is 10.9. The molecule has 0 bridgehead atoms. The Morgan fingerprint density at radius 2 is 2.24 bits per heavy atom. The number of carbonyl (C=O) groups is 1. The van der Waals surface area contributed by atoms with Gasteiger partial charge in [0.25, 0.3) is 5.91 Å². The van der Waals surface area contributed by atoms with Crippen LogP contribution >= 0.6 is 15.9 Å². The number of aromatic amines is 1. The third kappa shape index (κ3) is 2.74. The van der Waals surface area contributed by atoms with E-state index in [0.29, 0.717) is 12.1 Å². The lowest BCUT2D eigenvalue weighted by Crippen LogP contribution is -2.25. The van der Waals surface area contributed by atoms with Gasteiger partial charge in [0, 0.05) is 24.3 Å². The molecule has 5 heteroatoms. The van der Waals surface area contributed by atoms with Crippen molar-refractivity contribution in [1.29, 1.82) is 0 Å². The van der Waals surface area contributed by atoms with E-state index < -0.39 is 0 Å². The van der Waals surface area contributed by atoms with Crippen molar-refractivity contribution < 1.29 is 4.79 Å². The molecule has 2 aromatic rings. The summed E-state index contributed by atoms with van der Waals surface area (Å²) in [6.07, 6.45) is 3.12. The number of rotatable bonds is 3. The highest BCUT2D eigenvalue weighted by Gasteiger charge is 2.13. The summed E-state index contributed by atoms with van der Waals surface area (Å²) < 4.78 is 1.01. The van der Waals surface area contributed by atoms with Crippen LogP contribution in [0.25, 0.3) is 0 Å². The Balaban J connectivity index is 2.10. The fourth-order valence-corrected chi connectivity index (χ4v) is 1.95. The van der Waals surface area contributed by atoms with E-state index in [4.69, 9.17) is 0 Å². The van der Waals surface area contributed by atoms with Gasteiger partial charge in [-0.2, -0.15) is 5.10 Å². The van der Waals surface area contributed by atoms with Crippen molar-refractivity contribution in [2.45, 2.75) is 6.54 Å². The van der Waals surface area contributed by atoms with Crippen LogP contribution in [0.15, 0.2) is 41.1 Å². The van der Waals surface area contributed by atoms with Gasteiger partial charge in [-0.1, -0.05) is 34.1 Å². The van der Waals surface area contributed by atoms with Gasteiger partial charge in [-0.15, -0.1) is 0 Å². The van der Waals surface area contributed by atoms with Crippen LogP contribution in [0.2, 0.25) is 0 Å². The van der Waals surface area contributed by atoms with Gasteiger partial charge in [0.1, 0.15) is 0 Å². The Kier molecular flexibility index (Phi) is 3.58. The Bertz CT molecular complexity index is 510. The lowest BCUT2D eigenvalue weighted by Gasteiger charge is -2.17. The second-order valence-corrected chi connectivity index (χ2v) is 4.59. The molecule has 0 radical (unpaired) electrons. The lowest BCUT2D eigenvalue weighted by atomic mass is 10.2. The first-order valence-electron chi connectivity index (χ1n) is 5.16. The van der Waals surface area contributed by atoms with Crippen LogP contribution in [0.3, 0.4) is 0 Å². The Hall–Kier alpha value is -1.62. The predicted octanol–water partition coefficient (Wildman–Crippen LogP) is 2.44. The summed E-state index contributed by atoms with van der Waals surface area (Å²) in [6.45, 7) is 0.561. The maximum absolute atomic E-state index is 12.0. The van der Waals surface area contributed by atoms with Gasteiger partial charge in [-0.3, -0.25) is 9.89 Å². The first-order chi connectivity index (χ1) is 8.18. The second-order valence-electron chi connectivity index (χ2n) is 3.74. The van der Waals surface area contributed by atoms with Gasteiger partial charge in [0.05, 0.1) is 11.8 Å². The third-order valence-electron chi connectivity index (χ3n) is 2.46. The molecule has 2 rings (SSSR count). The molecular weight excluding hydrogens is 282 g/mol. The van der Waals surface area contributed by atoms with Crippen LogP contribution in [0.5, 0.6) is 0 Å². The summed E-state index contributed by atoms with van der Waals surface area (Å²) in [5.74, 6) is -0.0468. The monoisotopic (exact) mass is 293 g/mol. The number of nitrogens with zero attached hydrogens (tertiary/aromatic N) is 2. The first-order valence-corrected chi connectivity index (χ1v) is 5.95. The average Bonchev–Trinajstić information content (AvgIpc) is 2.84. The van der Waals surface area contributed by atoms with Crippen LogP contribution in [0.1, 0.15) is 15.9 Å². The van der Waals surface area contributed by atoms with E-state index in [1.165, 1.54) is 6.20 Å². The number of benzene rings is 1. The van der Waals surface area contributed by atoms with Gasteiger partial charge < -0.3 is 4.90 Å². The normalized spacial score (nSPS) is 10.2. The lowest BCUT2D eigenvalue weighted by molar-refractivity contribution is 0.0785. The molecule has 1 heterocycles. The van der Waals surface area contributed by atoms with E-state index in [1.807, 2.05) is 24.3 Å². The molecule has 1 N–H and O–H groups in total. The van der Waals surface area contributed by atoms with Crippen LogP contribution in [0.4, 0.5) is 0 Å². The standard InChI is InChI=1S/C12H12BrN3O/c1-16(12(17)10-6-14-15-7-10)8-9-4-2-3-5-11(9)13/h2-7H,8H2,1H3,(H,14,15). The van der Waals surface area contributed by atoms with Crippen LogP contribution in [-0.4, -0.2) is 28.1 Å². The highest BCUT2D eigenvalue weighted by Crippen LogP contribution is 2.17. The largest absolute Gasteiger partial charge is 0.337 e.